The van der Waals surface area contributed by atoms with E-state index in [1.807, 2.05) is 0 Å². The molecule has 0 aromatic heterocycles. The molecule has 0 fully saturated rings. The average Bonchev–Trinajstić information content (AvgIpc) is 3.01. The van der Waals surface area contributed by atoms with Gasteiger partial charge in [-0.3, -0.25) is 0 Å². The fourth-order valence-electron chi connectivity index (χ4n) is 9.51. The third-order valence-electron chi connectivity index (χ3n) is 11.4. The van der Waals surface area contributed by atoms with Gasteiger partial charge in [-0.15, -0.1) is 0 Å². The van der Waals surface area contributed by atoms with E-state index in [1.54, 1.807) is 16.5 Å². The van der Waals surface area contributed by atoms with Crippen molar-refractivity contribution in [2.75, 3.05) is 4.90 Å². The Bertz CT molecular complexity index is 1910. The maximum absolute atomic E-state index is 2.65. The van der Waals surface area contributed by atoms with E-state index >= 15 is 0 Å². The molecule has 4 atom stereocenters. The number of anilines is 2. The molecule has 0 amide bonds. The molecule has 2 heterocycles. The predicted octanol–water partition coefficient (Wildman–Crippen LogP) is 9.38. The van der Waals surface area contributed by atoms with Crippen LogP contribution < -0.4 is 15.8 Å². The van der Waals surface area contributed by atoms with Crippen LogP contribution in [0.4, 0.5) is 11.4 Å². The molecule has 1 nitrogen and oxygen atoms in total. The molecular formula is C40H40BNSi. The molecule has 9 rings (SSSR count). The minimum absolute atomic E-state index is 0.363. The van der Waals surface area contributed by atoms with Crippen LogP contribution in [-0.2, 0) is 0 Å². The van der Waals surface area contributed by atoms with Gasteiger partial charge in [-0.25, -0.2) is 0 Å². The van der Waals surface area contributed by atoms with Crippen molar-refractivity contribution in [3.8, 4) is 0 Å². The summed E-state index contributed by atoms with van der Waals surface area (Å²) in [6.07, 6.45) is 24.8. The molecule has 0 N–H and O–H groups in total. The van der Waals surface area contributed by atoms with Gasteiger partial charge in [0.2, 0.25) is 6.71 Å². The van der Waals surface area contributed by atoms with E-state index in [2.05, 4.69) is 129 Å². The van der Waals surface area contributed by atoms with E-state index in [4.69, 9.17) is 0 Å². The molecule has 4 unspecified atom stereocenters. The van der Waals surface area contributed by atoms with Crippen LogP contribution in [0.2, 0.25) is 31.0 Å². The molecule has 212 valence electrons. The van der Waals surface area contributed by atoms with Gasteiger partial charge in [-0.05, 0) is 112 Å². The summed E-state index contributed by atoms with van der Waals surface area (Å²) in [7, 11) is -1.41. The Balaban J connectivity index is 1.35. The minimum Gasteiger partial charge on any atom is -0.312 e. The Morgan fingerprint density at radius 1 is 0.884 bits per heavy atom. The van der Waals surface area contributed by atoms with E-state index in [0.717, 1.165) is 12.8 Å². The fraction of sp³-hybridized carbons (Fsp3) is 0.300. The highest BCUT2D eigenvalue weighted by Gasteiger charge is 2.50. The highest BCUT2D eigenvalue weighted by atomic mass is 28.3. The van der Waals surface area contributed by atoms with Gasteiger partial charge in [0.25, 0.3) is 0 Å². The molecule has 3 heteroatoms. The van der Waals surface area contributed by atoms with E-state index in [9.17, 15) is 0 Å². The lowest BCUT2D eigenvalue weighted by molar-refractivity contribution is 0.562. The molecule has 43 heavy (non-hydrogen) atoms. The summed E-state index contributed by atoms with van der Waals surface area (Å²) in [5, 5.41) is 2.78. The molecular weight excluding hydrogens is 533 g/mol. The maximum Gasteiger partial charge on any atom is 0.223 e. The lowest BCUT2D eigenvalue weighted by atomic mass is 9.26. The van der Waals surface area contributed by atoms with Crippen molar-refractivity contribution in [3.05, 3.63) is 125 Å². The molecule has 2 aliphatic heterocycles. The van der Waals surface area contributed by atoms with E-state index in [0.29, 0.717) is 29.9 Å². The number of benzene rings is 3. The Labute approximate surface area is 258 Å². The highest BCUT2D eigenvalue weighted by Crippen LogP contribution is 2.56. The summed E-state index contributed by atoms with van der Waals surface area (Å²) >= 11 is 0. The van der Waals surface area contributed by atoms with Crippen molar-refractivity contribution in [1.29, 1.82) is 0 Å². The van der Waals surface area contributed by atoms with Crippen LogP contribution in [-0.4, -0.2) is 14.8 Å². The second kappa shape index (κ2) is 9.22. The third-order valence-corrected chi connectivity index (χ3v) is 13.9. The standard InChI is InChI=1S/C40H40BNSi/c1-25-22-33-31-19-21-37(43(2,3)4)32-14-9-15-34(38(31)32)41-39-30-13-8-7-11-27(30)17-20-35(39)42(36(23-25)40(33)41)29-18-16-26-10-5-6-12-28(26)24-29/h6-9,11-14,17-24,26,32,34,37H,5,10,15-16H2,1-4H3. The van der Waals surface area contributed by atoms with Crippen molar-refractivity contribution in [3.63, 3.8) is 0 Å². The van der Waals surface area contributed by atoms with Crippen LogP contribution in [0, 0.1) is 18.8 Å². The summed E-state index contributed by atoms with van der Waals surface area (Å²) in [6, 6.07) is 19.0. The first kappa shape index (κ1) is 25.9. The van der Waals surface area contributed by atoms with Gasteiger partial charge < -0.3 is 4.90 Å². The molecule has 4 aliphatic carbocycles. The molecule has 6 aliphatic rings. The summed E-state index contributed by atoms with van der Waals surface area (Å²) in [5.74, 6) is 1.69. The molecule has 3 aromatic rings. The normalized spacial score (nSPS) is 26.5. The van der Waals surface area contributed by atoms with Crippen molar-refractivity contribution < 1.29 is 0 Å². The molecule has 0 saturated carbocycles. The number of allylic oxidation sites excluding steroid dienone is 11. The van der Waals surface area contributed by atoms with Crippen LogP contribution in [0.3, 0.4) is 0 Å². The monoisotopic (exact) mass is 573 g/mol. The zero-order valence-electron chi connectivity index (χ0n) is 25.9. The number of fused-ring (bicyclic) bond motifs is 7. The van der Waals surface area contributed by atoms with E-state index in [1.165, 1.54) is 63.0 Å². The second-order valence-electron chi connectivity index (χ2n) is 14.9. The van der Waals surface area contributed by atoms with Gasteiger partial charge in [0.05, 0.1) is 8.07 Å². The van der Waals surface area contributed by atoms with Gasteiger partial charge >= 0.3 is 0 Å². The number of rotatable bonds is 2. The Hall–Kier alpha value is -3.56. The zero-order chi connectivity index (χ0) is 29.0. The lowest BCUT2D eigenvalue weighted by Gasteiger charge is -2.50. The van der Waals surface area contributed by atoms with Crippen LogP contribution >= 0.6 is 0 Å². The minimum atomic E-state index is -1.41. The third kappa shape index (κ3) is 3.70. The molecule has 0 bridgehead atoms. The Kier molecular flexibility index (Phi) is 5.55. The summed E-state index contributed by atoms with van der Waals surface area (Å²) in [5.41, 5.74) is 15.5. The second-order valence-corrected chi connectivity index (χ2v) is 20.3. The van der Waals surface area contributed by atoms with Crippen molar-refractivity contribution >= 4 is 53.4 Å². The van der Waals surface area contributed by atoms with E-state index in [-0.39, 0.29) is 0 Å². The highest BCUT2D eigenvalue weighted by molar-refractivity contribution is 6.92. The van der Waals surface area contributed by atoms with Crippen LogP contribution in [0.15, 0.2) is 114 Å². The number of hydrogen-bond acceptors (Lipinski definition) is 1. The summed E-state index contributed by atoms with van der Waals surface area (Å²) < 4.78 is 0. The first-order valence-electron chi connectivity index (χ1n) is 16.5. The van der Waals surface area contributed by atoms with Crippen LogP contribution in [0.25, 0.3) is 16.3 Å². The molecule has 0 radical (unpaired) electrons. The number of nitrogens with zero attached hydrogens (tertiary/aromatic N) is 1. The lowest BCUT2D eigenvalue weighted by Crippen LogP contribution is -2.58. The fourth-order valence-corrected chi connectivity index (χ4v) is 11.5. The summed E-state index contributed by atoms with van der Waals surface area (Å²) in [6.45, 7) is 10.3. The smallest absolute Gasteiger partial charge is 0.223 e. The van der Waals surface area contributed by atoms with Gasteiger partial charge in [0.1, 0.15) is 0 Å². The van der Waals surface area contributed by atoms with Gasteiger partial charge in [0, 0.05) is 23.0 Å². The molecule has 3 aromatic carbocycles. The first-order chi connectivity index (χ1) is 20.9. The van der Waals surface area contributed by atoms with Gasteiger partial charge in [0.15, 0.2) is 0 Å². The topological polar surface area (TPSA) is 3.24 Å². The number of aryl methyl sites for hydroxylation is 1. The van der Waals surface area contributed by atoms with Crippen molar-refractivity contribution in [2.24, 2.45) is 11.8 Å². The van der Waals surface area contributed by atoms with E-state index < -0.39 is 8.07 Å². The zero-order valence-corrected chi connectivity index (χ0v) is 26.9. The van der Waals surface area contributed by atoms with Crippen molar-refractivity contribution in [2.45, 2.75) is 63.6 Å². The quantitative estimate of drug-likeness (QED) is 0.218. The van der Waals surface area contributed by atoms with Gasteiger partial charge in [-0.2, -0.15) is 0 Å². The Morgan fingerprint density at radius 3 is 2.65 bits per heavy atom. The summed E-state index contributed by atoms with van der Waals surface area (Å²) in [4.78, 5) is 2.65. The van der Waals surface area contributed by atoms with Crippen LogP contribution in [0.5, 0.6) is 0 Å². The number of hydrogen-bond donors (Lipinski definition) is 0. The molecule has 0 saturated heterocycles. The first-order valence-corrected chi connectivity index (χ1v) is 20.1. The SMILES string of the molecule is Cc1cc2c3c(c1)N(C1=CCC4CCC=CC4=C1)c1ccc4ccccc4c1B3C1CC=CC3C1=C2C=CC3[Si](C)(C)C. The maximum atomic E-state index is 2.65. The van der Waals surface area contributed by atoms with Crippen LogP contribution in [0.1, 0.15) is 36.8 Å². The molecule has 0 spiro atoms. The predicted molar refractivity (Wildman–Crippen MR) is 189 cm³/mol. The largest absolute Gasteiger partial charge is 0.312 e. The Morgan fingerprint density at radius 2 is 1.77 bits per heavy atom. The van der Waals surface area contributed by atoms with Crippen molar-refractivity contribution in [1.82, 2.24) is 0 Å². The average molecular weight is 574 g/mol. The van der Waals surface area contributed by atoms with Gasteiger partial charge in [-0.1, -0.05) is 104 Å².